The quantitative estimate of drug-likeness (QED) is 0.659. The number of halogens is 3. The molecule has 0 radical (unpaired) electrons. The van der Waals surface area contributed by atoms with Crippen molar-refractivity contribution in [3.05, 3.63) is 62.6 Å². The molecule has 132 valence electrons. The fourth-order valence-electron chi connectivity index (χ4n) is 3.15. The van der Waals surface area contributed by atoms with Crippen LogP contribution in [0.3, 0.4) is 0 Å². The summed E-state index contributed by atoms with van der Waals surface area (Å²) in [6.07, 6.45) is 0.254. The van der Waals surface area contributed by atoms with Gasteiger partial charge in [-0.3, -0.25) is 4.79 Å². The van der Waals surface area contributed by atoms with Gasteiger partial charge in [0.15, 0.2) is 11.0 Å². The first-order valence-electron chi connectivity index (χ1n) is 7.78. The van der Waals surface area contributed by atoms with Crippen molar-refractivity contribution in [1.82, 2.24) is 20.0 Å². The van der Waals surface area contributed by atoms with E-state index in [1.807, 2.05) is 6.92 Å². The van der Waals surface area contributed by atoms with Gasteiger partial charge in [-0.25, -0.2) is 4.39 Å². The van der Waals surface area contributed by atoms with Gasteiger partial charge in [0.25, 0.3) is 0 Å². The normalized spacial score (nSPS) is 16.3. The molecule has 0 spiro atoms. The molecule has 1 unspecified atom stereocenters. The number of hydrogen-bond acceptors (Lipinski definition) is 4. The molecule has 3 heterocycles. The number of nitrogens with zero attached hydrogens (tertiary/aromatic N) is 4. The molecule has 1 aliphatic heterocycles. The molecule has 1 aromatic carbocycles. The van der Waals surface area contributed by atoms with Gasteiger partial charge in [0.2, 0.25) is 5.91 Å². The molecule has 0 saturated carbocycles. The summed E-state index contributed by atoms with van der Waals surface area (Å²) in [7, 11) is 0. The number of rotatable bonds is 2. The van der Waals surface area contributed by atoms with E-state index >= 15 is 0 Å². The Morgan fingerprint density at radius 2 is 2.12 bits per heavy atom. The maximum atomic E-state index is 13.6. The minimum Gasteiger partial charge on any atom is -0.310 e. The number of anilines is 1. The highest BCUT2D eigenvalue weighted by Crippen LogP contribution is 2.40. The van der Waals surface area contributed by atoms with Crippen LogP contribution in [0.5, 0.6) is 0 Å². The standard InChI is InChI=1S/C17H12BrClFN5O/c1-8-16-10(9-2-3-12(20)11(18)6-9)7-15(26)21-17(16)25(24-8)14-5-4-13(19)22-23-14/h2-6,10H,7H2,1H3,(H,21,26). The van der Waals surface area contributed by atoms with E-state index in [0.717, 1.165) is 16.8 Å². The average Bonchev–Trinajstić information content (AvgIpc) is 2.94. The zero-order valence-electron chi connectivity index (χ0n) is 13.5. The Hall–Kier alpha value is -2.32. The number of carbonyl (C=O) groups excluding carboxylic acids is 1. The summed E-state index contributed by atoms with van der Waals surface area (Å²) in [5.74, 6) is 0.259. The second-order valence-electron chi connectivity index (χ2n) is 5.95. The van der Waals surface area contributed by atoms with Crippen LogP contribution in [0.2, 0.25) is 5.15 Å². The number of nitrogens with one attached hydrogen (secondary N) is 1. The van der Waals surface area contributed by atoms with Crippen molar-refractivity contribution in [2.75, 3.05) is 5.32 Å². The van der Waals surface area contributed by atoms with Gasteiger partial charge in [-0.15, -0.1) is 10.2 Å². The molecule has 1 N–H and O–H groups in total. The highest BCUT2D eigenvalue weighted by molar-refractivity contribution is 9.10. The number of amides is 1. The van der Waals surface area contributed by atoms with Gasteiger partial charge in [0.05, 0.1) is 10.2 Å². The van der Waals surface area contributed by atoms with E-state index < -0.39 is 0 Å². The topological polar surface area (TPSA) is 72.7 Å². The molecule has 0 fully saturated rings. The van der Waals surface area contributed by atoms with Crippen LogP contribution in [0.25, 0.3) is 5.82 Å². The average molecular weight is 437 g/mol. The van der Waals surface area contributed by atoms with Crippen molar-refractivity contribution in [1.29, 1.82) is 0 Å². The lowest BCUT2D eigenvalue weighted by Crippen LogP contribution is -2.25. The lowest BCUT2D eigenvalue weighted by atomic mass is 9.86. The summed E-state index contributed by atoms with van der Waals surface area (Å²) >= 11 is 9.00. The van der Waals surface area contributed by atoms with Gasteiger partial charge in [0.1, 0.15) is 11.6 Å². The first-order chi connectivity index (χ1) is 12.4. The Morgan fingerprint density at radius 3 is 2.81 bits per heavy atom. The van der Waals surface area contributed by atoms with Crippen LogP contribution >= 0.6 is 27.5 Å². The van der Waals surface area contributed by atoms with E-state index in [-0.39, 0.29) is 29.2 Å². The monoisotopic (exact) mass is 435 g/mol. The van der Waals surface area contributed by atoms with Crippen molar-refractivity contribution in [2.24, 2.45) is 0 Å². The second-order valence-corrected chi connectivity index (χ2v) is 7.19. The van der Waals surface area contributed by atoms with E-state index in [0.29, 0.717) is 16.1 Å². The Morgan fingerprint density at radius 1 is 1.31 bits per heavy atom. The predicted octanol–water partition coefficient (Wildman–Crippen LogP) is 4.00. The zero-order chi connectivity index (χ0) is 18.4. The fourth-order valence-corrected chi connectivity index (χ4v) is 3.65. The molecular weight excluding hydrogens is 425 g/mol. The number of aryl methyl sites for hydroxylation is 1. The lowest BCUT2D eigenvalue weighted by Gasteiger charge is -2.24. The van der Waals surface area contributed by atoms with Gasteiger partial charge in [-0.05, 0) is 52.7 Å². The Labute approximate surface area is 161 Å². The van der Waals surface area contributed by atoms with Crippen LogP contribution in [-0.2, 0) is 4.79 Å². The lowest BCUT2D eigenvalue weighted by molar-refractivity contribution is -0.116. The second kappa shape index (κ2) is 6.44. The largest absolute Gasteiger partial charge is 0.310 e. The molecule has 0 bridgehead atoms. The summed E-state index contributed by atoms with van der Waals surface area (Å²) in [4.78, 5) is 12.3. The summed E-state index contributed by atoms with van der Waals surface area (Å²) < 4.78 is 15.5. The smallest absolute Gasteiger partial charge is 0.226 e. The van der Waals surface area contributed by atoms with Gasteiger partial charge < -0.3 is 5.32 Å². The SMILES string of the molecule is Cc1nn(-c2ccc(Cl)nn2)c2c1C(c1ccc(F)c(Br)c1)CC(=O)N2. The van der Waals surface area contributed by atoms with Crippen LogP contribution in [-0.4, -0.2) is 25.9 Å². The van der Waals surface area contributed by atoms with E-state index in [1.165, 1.54) is 10.7 Å². The third-order valence-corrected chi connectivity index (χ3v) is 5.09. The summed E-state index contributed by atoms with van der Waals surface area (Å²) in [6.45, 7) is 1.86. The highest BCUT2D eigenvalue weighted by Gasteiger charge is 2.33. The molecule has 1 atom stereocenters. The van der Waals surface area contributed by atoms with Crippen molar-refractivity contribution in [2.45, 2.75) is 19.3 Å². The number of aromatic nitrogens is 4. The van der Waals surface area contributed by atoms with Crippen molar-refractivity contribution in [3.63, 3.8) is 0 Å². The Kier molecular flexibility index (Phi) is 4.24. The molecule has 4 rings (SSSR count). The predicted molar refractivity (Wildman–Crippen MR) is 98.1 cm³/mol. The molecule has 26 heavy (non-hydrogen) atoms. The summed E-state index contributed by atoms with van der Waals surface area (Å²) in [5, 5.41) is 15.5. The van der Waals surface area contributed by atoms with E-state index in [2.05, 4.69) is 36.5 Å². The summed E-state index contributed by atoms with van der Waals surface area (Å²) in [6, 6.07) is 8.04. The maximum absolute atomic E-state index is 13.6. The third kappa shape index (κ3) is 2.89. The minimum atomic E-state index is -0.349. The summed E-state index contributed by atoms with van der Waals surface area (Å²) in [5.41, 5.74) is 2.46. The number of fused-ring (bicyclic) bond motifs is 1. The first-order valence-corrected chi connectivity index (χ1v) is 8.95. The maximum Gasteiger partial charge on any atom is 0.226 e. The van der Waals surface area contributed by atoms with Gasteiger partial charge in [-0.1, -0.05) is 17.7 Å². The van der Waals surface area contributed by atoms with Gasteiger partial charge >= 0.3 is 0 Å². The number of benzene rings is 1. The van der Waals surface area contributed by atoms with Crippen molar-refractivity contribution < 1.29 is 9.18 Å². The van der Waals surface area contributed by atoms with E-state index in [4.69, 9.17) is 11.6 Å². The molecule has 1 amide bonds. The molecule has 6 nitrogen and oxygen atoms in total. The van der Waals surface area contributed by atoms with Gasteiger partial charge in [-0.2, -0.15) is 9.78 Å². The molecule has 3 aromatic rings. The zero-order valence-corrected chi connectivity index (χ0v) is 15.8. The molecule has 2 aromatic heterocycles. The Bertz CT molecular complexity index is 1020. The van der Waals surface area contributed by atoms with Crippen LogP contribution in [0, 0.1) is 12.7 Å². The molecule has 1 aliphatic rings. The van der Waals surface area contributed by atoms with Crippen molar-refractivity contribution in [3.8, 4) is 5.82 Å². The van der Waals surface area contributed by atoms with Crippen LogP contribution in [0.4, 0.5) is 10.2 Å². The fraction of sp³-hybridized carbons (Fsp3) is 0.176. The third-order valence-electron chi connectivity index (χ3n) is 4.28. The molecule has 0 aliphatic carbocycles. The molecule has 9 heteroatoms. The van der Waals surface area contributed by atoms with E-state index in [9.17, 15) is 9.18 Å². The molecular formula is C17H12BrClFN5O. The van der Waals surface area contributed by atoms with Crippen LogP contribution < -0.4 is 5.32 Å². The number of carbonyl (C=O) groups is 1. The van der Waals surface area contributed by atoms with Crippen molar-refractivity contribution >= 4 is 39.3 Å². The van der Waals surface area contributed by atoms with Crippen LogP contribution in [0.1, 0.15) is 29.2 Å². The first kappa shape index (κ1) is 17.1. The Balaban J connectivity index is 1.86. The van der Waals surface area contributed by atoms with E-state index in [1.54, 1.807) is 24.3 Å². The minimum absolute atomic E-state index is 0.147. The van der Waals surface area contributed by atoms with Gasteiger partial charge in [0, 0.05) is 17.9 Å². The highest BCUT2D eigenvalue weighted by atomic mass is 79.9. The molecule has 0 saturated heterocycles. The number of hydrogen-bond donors (Lipinski definition) is 1. The van der Waals surface area contributed by atoms with Crippen LogP contribution in [0.15, 0.2) is 34.8 Å².